The van der Waals surface area contributed by atoms with Gasteiger partial charge in [-0.3, -0.25) is 9.69 Å². The molecule has 0 aliphatic carbocycles. The van der Waals surface area contributed by atoms with Gasteiger partial charge >= 0.3 is 0 Å². The number of rotatable bonds is 6. The normalized spacial score (nSPS) is 15.5. The van der Waals surface area contributed by atoms with E-state index in [1.807, 2.05) is 30.3 Å². The summed E-state index contributed by atoms with van der Waals surface area (Å²) in [6, 6.07) is 20.8. The largest absolute Gasteiger partial charge is 0.545 e. The highest BCUT2D eigenvalue weighted by Crippen LogP contribution is 2.36. The summed E-state index contributed by atoms with van der Waals surface area (Å²) in [7, 11) is 0. The molecule has 1 atom stereocenters. The summed E-state index contributed by atoms with van der Waals surface area (Å²) in [5.74, 6) is -2.88. The van der Waals surface area contributed by atoms with Crippen LogP contribution in [-0.2, 0) is 4.79 Å². The minimum absolute atomic E-state index is 0.0194. The van der Waals surface area contributed by atoms with Crippen LogP contribution in [0.1, 0.15) is 32.3 Å². The van der Waals surface area contributed by atoms with Gasteiger partial charge in [-0.15, -0.1) is 0 Å². The lowest BCUT2D eigenvalue weighted by molar-refractivity contribution is -0.256. The Kier molecular flexibility index (Phi) is 5.24. The van der Waals surface area contributed by atoms with Gasteiger partial charge in [0.05, 0.1) is 18.0 Å². The van der Waals surface area contributed by atoms with Crippen LogP contribution in [0.5, 0.6) is 0 Å². The molecule has 4 rings (SSSR count). The van der Waals surface area contributed by atoms with Crippen LogP contribution in [0.15, 0.2) is 90.6 Å². The first-order valence-electron chi connectivity index (χ1n) is 9.44. The van der Waals surface area contributed by atoms with Crippen LogP contribution in [-0.4, -0.2) is 17.8 Å². The maximum absolute atomic E-state index is 13.3. The molecule has 1 aliphatic rings. The fraction of sp³-hybridized carbons (Fsp3) is 0.0417. The van der Waals surface area contributed by atoms with Crippen molar-refractivity contribution in [1.29, 1.82) is 0 Å². The average Bonchev–Trinajstić information content (AvgIpc) is 3.10. The summed E-state index contributed by atoms with van der Waals surface area (Å²) >= 11 is 0. The summed E-state index contributed by atoms with van der Waals surface area (Å²) < 4.78 is 0. The van der Waals surface area contributed by atoms with E-state index in [4.69, 9.17) is 0 Å². The molecular weight excluding hydrogens is 396 g/mol. The number of carbonyl (C=O) groups excluding carboxylic acids is 3. The Morgan fingerprint density at radius 3 is 1.87 bits per heavy atom. The van der Waals surface area contributed by atoms with Crippen molar-refractivity contribution in [3.05, 3.63) is 107 Å². The van der Waals surface area contributed by atoms with Gasteiger partial charge in [0.25, 0.3) is 5.91 Å². The van der Waals surface area contributed by atoms with Gasteiger partial charge in [0.15, 0.2) is 0 Å². The van der Waals surface area contributed by atoms with Crippen molar-refractivity contribution in [2.45, 2.75) is 6.04 Å². The summed E-state index contributed by atoms with van der Waals surface area (Å²) in [6.45, 7) is 0. The number of carboxylic acid groups (broad SMARTS) is 2. The van der Waals surface area contributed by atoms with E-state index >= 15 is 0 Å². The number of aromatic carboxylic acids is 2. The third kappa shape index (κ3) is 4.02. The summed E-state index contributed by atoms with van der Waals surface area (Å²) in [6.07, 6.45) is 1.77. The highest BCUT2D eigenvalue weighted by atomic mass is 16.4. The van der Waals surface area contributed by atoms with Crippen LogP contribution in [0.2, 0.25) is 0 Å². The van der Waals surface area contributed by atoms with Crippen molar-refractivity contribution >= 4 is 29.2 Å². The van der Waals surface area contributed by atoms with Gasteiger partial charge in [-0.05, 0) is 47.0 Å². The summed E-state index contributed by atoms with van der Waals surface area (Å²) in [5.41, 5.74) is 2.33. The second kappa shape index (κ2) is 8.16. The predicted octanol–water partition coefficient (Wildman–Crippen LogP) is 1.50. The Labute approximate surface area is 177 Å². The van der Waals surface area contributed by atoms with Gasteiger partial charge in [0.1, 0.15) is 5.70 Å². The van der Waals surface area contributed by atoms with E-state index < -0.39 is 18.0 Å². The van der Waals surface area contributed by atoms with E-state index in [9.17, 15) is 24.6 Å². The molecule has 0 fully saturated rings. The van der Waals surface area contributed by atoms with Crippen LogP contribution < -0.4 is 20.4 Å². The van der Waals surface area contributed by atoms with Crippen LogP contribution in [0.3, 0.4) is 0 Å². The molecule has 154 valence electrons. The smallest absolute Gasteiger partial charge is 0.275 e. The van der Waals surface area contributed by atoms with Crippen molar-refractivity contribution in [2.24, 2.45) is 0 Å². The molecule has 0 unspecified atom stereocenters. The van der Waals surface area contributed by atoms with Crippen LogP contribution in [0.25, 0.3) is 0 Å². The Hall–Kier alpha value is -4.39. The van der Waals surface area contributed by atoms with E-state index in [1.165, 1.54) is 24.3 Å². The second-order valence-electron chi connectivity index (χ2n) is 6.94. The topological polar surface area (TPSA) is 113 Å². The van der Waals surface area contributed by atoms with Gasteiger partial charge < -0.3 is 25.1 Å². The van der Waals surface area contributed by atoms with E-state index in [0.29, 0.717) is 17.1 Å². The minimum atomic E-state index is -1.29. The predicted molar refractivity (Wildman–Crippen MR) is 110 cm³/mol. The van der Waals surface area contributed by atoms with E-state index in [1.54, 1.807) is 35.2 Å². The molecule has 7 nitrogen and oxygen atoms in total. The zero-order chi connectivity index (χ0) is 22.0. The average molecular weight is 412 g/mol. The maximum atomic E-state index is 13.3. The summed E-state index contributed by atoms with van der Waals surface area (Å²) in [5, 5.41) is 25.0. The SMILES string of the molecule is O=C([O-])c1ccc(NC2=C[C@@H](c3ccccc3)N(c3ccc(C(=O)[O-])cc3)C2=O)cc1. The van der Waals surface area contributed by atoms with Gasteiger partial charge in [0, 0.05) is 11.4 Å². The number of nitrogens with one attached hydrogen (secondary N) is 1. The highest BCUT2D eigenvalue weighted by Gasteiger charge is 2.34. The molecule has 0 bridgehead atoms. The molecule has 0 aromatic heterocycles. The fourth-order valence-electron chi connectivity index (χ4n) is 3.43. The molecule has 1 N–H and O–H groups in total. The number of carbonyl (C=O) groups is 3. The van der Waals surface area contributed by atoms with Gasteiger partial charge in [-0.2, -0.15) is 0 Å². The monoisotopic (exact) mass is 412 g/mol. The standard InChI is InChI=1S/C24H18N2O5/c27-22-20(25-18-10-6-16(7-11-18)23(28)29)14-21(15-4-2-1-3-5-15)26(22)19-12-8-17(9-13-19)24(30)31/h1-14,21,25H,(H,28,29)(H,30,31)/p-2/t21-/m0/s1. The lowest BCUT2D eigenvalue weighted by Crippen LogP contribution is -2.31. The lowest BCUT2D eigenvalue weighted by Gasteiger charge is -2.25. The zero-order valence-electron chi connectivity index (χ0n) is 16.1. The number of hydrogen-bond donors (Lipinski definition) is 1. The second-order valence-corrected chi connectivity index (χ2v) is 6.94. The number of benzene rings is 3. The number of amides is 1. The molecule has 3 aromatic carbocycles. The number of anilines is 2. The summed E-state index contributed by atoms with van der Waals surface area (Å²) in [4.78, 5) is 36.8. The first kappa shape index (κ1) is 19.9. The molecule has 0 saturated heterocycles. The van der Waals surface area contributed by atoms with E-state index in [-0.39, 0.29) is 17.0 Å². The molecule has 0 saturated carbocycles. The van der Waals surface area contributed by atoms with Crippen molar-refractivity contribution < 1.29 is 24.6 Å². The third-order valence-corrected chi connectivity index (χ3v) is 4.97. The van der Waals surface area contributed by atoms with Crippen LogP contribution in [0.4, 0.5) is 11.4 Å². The first-order chi connectivity index (χ1) is 14.9. The van der Waals surface area contributed by atoms with Crippen LogP contribution >= 0.6 is 0 Å². The van der Waals surface area contributed by atoms with Gasteiger partial charge in [0.2, 0.25) is 0 Å². The molecule has 31 heavy (non-hydrogen) atoms. The van der Waals surface area contributed by atoms with Crippen LogP contribution in [0, 0.1) is 0 Å². The van der Waals surface area contributed by atoms with E-state index in [0.717, 1.165) is 5.56 Å². The minimum Gasteiger partial charge on any atom is -0.545 e. The van der Waals surface area contributed by atoms with Crippen molar-refractivity contribution in [3.63, 3.8) is 0 Å². The fourth-order valence-corrected chi connectivity index (χ4v) is 3.43. The molecule has 1 amide bonds. The number of nitrogens with zero attached hydrogens (tertiary/aromatic N) is 1. The Balaban J connectivity index is 1.67. The molecule has 1 aliphatic heterocycles. The molecular formula is C24H16N2O5-2. The molecule has 0 spiro atoms. The highest BCUT2D eigenvalue weighted by molar-refractivity contribution is 6.11. The Morgan fingerprint density at radius 1 is 0.774 bits per heavy atom. The Bertz CT molecular complexity index is 1170. The van der Waals surface area contributed by atoms with Crippen molar-refractivity contribution in [2.75, 3.05) is 10.2 Å². The van der Waals surface area contributed by atoms with Crippen molar-refractivity contribution in [1.82, 2.24) is 0 Å². The lowest BCUT2D eigenvalue weighted by atomic mass is 10.1. The Morgan fingerprint density at radius 2 is 1.32 bits per heavy atom. The quantitative estimate of drug-likeness (QED) is 0.657. The van der Waals surface area contributed by atoms with Gasteiger partial charge in [-0.25, -0.2) is 0 Å². The molecule has 1 heterocycles. The molecule has 7 heteroatoms. The number of carboxylic acids is 2. The first-order valence-corrected chi connectivity index (χ1v) is 9.44. The van der Waals surface area contributed by atoms with E-state index in [2.05, 4.69) is 5.32 Å². The molecule has 0 radical (unpaired) electrons. The molecule has 3 aromatic rings. The third-order valence-electron chi connectivity index (χ3n) is 4.97. The number of hydrogen-bond acceptors (Lipinski definition) is 6. The zero-order valence-corrected chi connectivity index (χ0v) is 16.1. The maximum Gasteiger partial charge on any atom is 0.275 e. The van der Waals surface area contributed by atoms with Gasteiger partial charge in [-0.1, -0.05) is 54.6 Å². The van der Waals surface area contributed by atoms with Crippen molar-refractivity contribution in [3.8, 4) is 0 Å².